The highest BCUT2D eigenvalue weighted by molar-refractivity contribution is 9.10. The zero-order chi connectivity index (χ0) is 17.3. The van der Waals surface area contributed by atoms with Crippen LogP contribution in [-0.4, -0.2) is 13.2 Å². The minimum Gasteiger partial charge on any atom is -0.432 e. The monoisotopic (exact) mass is 398 g/mol. The number of hydrogen-bond acceptors (Lipinski definition) is 3. The van der Waals surface area contributed by atoms with Crippen LogP contribution in [0.2, 0.25) is 0 Å². The Morgan fingerprint density at radius 3 is 2.50 bits per heavy atom. The van der Waals surface area contributed by atoms with Crippen LogP contribution >= 0.6 is 15.9 Å². The number of rotatable bonds is 4. The Hall–Kier alpha value is -2.15. The summed E-state index contributed by atoms with van der Waals surface area (Å²) < 4.78 is 43.8. The summed E-state index contributed by atoms with van der Waals surface area (Å²) >= 11 is 3.42. The Labute approximate surface area is 145 Å². The van der Waals surface area contributed by atoms with Crippen molar-refractivity contribution >= 4 is 15.9 Å². The predicted molar refractivity (Wildman–Crippen MR) is 88.2 cm³/mol. The van der Waals surface area contributed by atoms with Crippen LogP contribution in [0, 0.1) is 5.82 Å². The third kappa shape index (κ3) is 3.08. The molecule has 126 valence electrons. The fourth-order valence-corrected chi connectivity index (χ4v) is 3.28. The lowest BCUT2D eigenvalue weighted by molar-refractivity contribution is -0.0522. The first-order chi connectivity index (χ1) is 11.4. The summed E-state index contributed by atoms with van der Waals surface area (Å²) in [5.74, 6) is -0.856. The van der Waals surface area contributed by atoms with Gasteiger partial charge in [0, 0.05) is 11.0 Å². The summed E-state index contributed by atoms with van der Waals surface area (Å²) in [7, 11) is 0. The van der Waals surface area contributed by atoms with Crippen molar-refractivity contribution in [1.82, 2.24) is 5.32 Å². The Morgan fingerprint density at radius 1 is 1.17 bits per heavy atom. The Balaban J connectivity index is 2.10. The van der Waals surface area contributed by atoms with E-state index in [1.54, 1.807) is 12.1 Å². The van der Waals surface area contributed by atoms with E-state index in [-0.39, 0.29) is 0 Å². The molecule has 1 atom stereocenters. The van der Waals surface area contributed by atoms with Crippen molar-refractivity contribution < 1.29 is 17.9 Å². The van der Waals surface area contributed by atoms with Crippen molar-refractivity contribution in [1.29, 1.82) is 0 Å². The van der Waals surface area contributed by atoms with Gasteiger partial charge in [0.05, 0.1) is 11.2 Å². The highest BCUT2D eigenvalue weighted by atomic mass is 79.9. The van der Waals surface area contributed by atoms with E-state index < -0.39 is 23.6 Å². The molecule has 0 aromatic heterocycles. The molecule has 0 spiro atoms. The highest BCUT2D eigenvalue weighted by Crippen LogP contribution is 2.39. The van der Waals surface area contributed by atoms with Crippen LogP contribution in [0.3, 0.4) is 0 Å². The molecule has 3 N–H and O–H groups in total. The summed E-state index contributed by atoms with van der Waals surface area (Å²) in [6.45, 7) is -2.64. The van der Waals surface area contributed by atoms with Gasteiger partial charge in [-0.1, -0.05) is 34.1 Å². The van der Waals surface area contributed by atoms with Crippen molar-refractivity contribution in [2.24, 2.45) is 5.73 Å². The van der Waals surface area contributed by atoms with Gasteiger partial charge in [-0.15, -0.1) is 0 Å². The van der Waals surface area contributed by atoms with Gasteiger partial charge in [0.15, 0.2) is 11.6 Å². The minimum absolute atomic E-state index is 0.434. The predicted octanol–water partition coefficient (Wildman–Crippen LogP) is 3.88. The van der Waals surface area contributed by atoms with E-state index in [1.165, 1.54) is 12.1 Å². The molecular formula is C17H14BrF3N2O. The van der Waals surface area contributed by atoms with Crippen molar-refractivity contribution in [2.75, 3.05) is 6.54 Å². The number of benzene rings is 2. The molecule has 0 amide bonds. The summed E-state index contributed by atoms with van der Waals surface area (Å²) in [6, 6.07) is 11.6. The second kappa shape index (κ2) is 6.39. The average Bonchev–Trinajstić information content (AvgIpc) is 2.92. The van der Waals surface area contributed by atoms with E-state index >= 15 is 0 Å². The Bertz CT molecular complexity index is 797. The van der Waals surface area contributed by atoms with E-state index in [2.05, 4.69) is 26.0 Å². The summed E-state index contributed by atoms with van der Waals surface area (Å²) in [4.78, 5) is 0. The molecule has 0 radical (unpaired) electrons. The summed E-state index contributed by atoms with van der Waals surface area (Å²) in [5, 5.41) is 3.04. The number of halogens is 4. The van der Waals surface area contributed by atoms with Gasteiger partial charge in [0.1, 0.15) is 0 Å². The second-order valence-electron chi connectivity index (χ2n) is 5.46. The molecule has 0 bridgehead atoms. The first kappa shape index (κ1) is 16.7. The fraction of sp³-hybridized carbons (Fsp3) is 0.176. The summed E-state index contributed by atoms with van der Waals surface area (Å²) in [5.41, 5.74) is 6.67. The minimum atomic E-state index is -3.08. The quantitative estimate of drug-likeness (QED) is 0.821. The first-order valence-electron chi connectivity index (χ1n) is 7.14. The summed E-state index contributed by atoms with van der Waals surface area (Å²) in [6.07, 6.45) is 1.80. The first-order valence-corrected chi connectivity index (χ1v) is 7.93. The largest absolute Gasteiger partial charge is 0.432 e. The van der Waals surface area contributed by atoms with E-state index in [4.69, 9.17) is 5.73 Å². The van der Waals surface area contributed by atoms with Gasteiger partial charge in [-0.2, -0.15) is 8.78 Å². The second-order valence-corrected chi connectivity index (χ2v) is 6.37. The van der Waals surface area contributed by atoms with Gasteiger partial charge in [-0.25, -0.2) is 4.39 Å². The molecule has 0 saturated carbocycles. The van der Waals surface area contributed by atoms with E-state index in [9.17, 15) is 13.2 Å². The Kier molecular flexibility index (Phi) is 4.45. The molecule has 0 fully saturated rings. The zero-order valence-corrected chi connectivity index (χ0v) is 14.0. The molecule has 0 saturated heterocycles. The number of nitrogens with one attached hydrogen (secondary N) is 1. The van der Waals surface area contributed by atoms with Crippen molar-refractivity contribution in [3.8, 4) is 5.75 Å². The molecule has 0 aliphatic carbocycles. The maximum atomic E-state index is 14.2. The van der Waals surface area contributed by atoms with E-state index in [1.807, 2.05) is 24.3 Å². The van der Waals surface area contributed by atoms with Crippen LogP contribution in [0.25, 0.3) is 0 Å². The van der Waals surface area contributed by atoms with Crippen molar-refractivity contribution in [2.45, 2.75) is 12.0 Å². The topological polar surface area (TPSA) is 47.3 Å². The van der Waals surface area contributed by atoms with Crippen LogP contribution < -0.4 is 15.8 Å². The van der Waals surface area contributed by atoms with Gasteiger partial charge in [0.25, 0.3) is 0 Å². The number of ether oxygens (including phenoxy) is 1. The molecule has 1 unspecified atom stereocenters. The van der Waals surface area contributed by atoms with Gasteiger partial charge in [-0.05, 0) is 41.5 Å². The third-order valence-electron chi connectivity index (χ3n) is 3.98. The van der Waals surface area contributed by atoms with Gasteiger partial charge >= 0.3 is 6.61 Å². The molecule has 2 aromatic carbocycles. The maximum Gasteiger partial charge on any atom is 0.387 e. The molecule has 2 aromatic rings. The molecule has 1 aliphatic heterocycles. The third-order valence-corrected chi connectivity index (χ3v) is 4.47. The van der Waals surface area contributed by atoms with Crippen LogP contribution in [0.5, 0.6) is 5.75 Å². The normalized spacial score (nSPS) is 20.0. The number of alkyl halides is 2. The number of hydrogen-bond donors (Lipinski definition) is 2. The van der Waals surface area contributed by atoms with Crippen LogP contribution in [-0.2, 0) is 5.41 Å². The average molecular weight is 399 g/mol. The SMILES string of the molecule is NC1=CC(c2cccc(Br)c2)(c2ccc(OC(F)F)c(F)c2)CN1. The maximum absolute atomic E-state index is 14.2. The lowest BCUT2D eigenvalue weighted by Crippen LogP contribution is -2.31. The lowest BCUT2D eigenvalue weighted by atomic mass is 9.75. The smallest absolute Gasteiger partial charge is 0.387 e. The molecule has 1 heterocycles. The standard InChI is InChI=1S/C17H14BrF3N2O/c18-12-3-1-2-10(6-12)17(8-15(22)23-9-17)11-4-5-14(13(19)7-11)24-16(20)21/h1-8,16,23H,9,22H2. The fourth-order valence-electron chi connectivity index (χ4n) is 2.88. The van der Waals surface area contributed by atoms with Crippen LogP contribution in [0.15, 0.2) is 58.8 Å². The van der Waals surface area contributed by atoms with E-state index in [0.29, 0.717) is 17.9 Å². The molecule has 3 nitrogen and oxygen atoms in total. The Morgan fingerprint density at radius 2 is 1.92 bits per heavy atom. The molecular weight excluding hydrogens is 385 g/mol. The highest BCUT2D eigenvalue weighted by Gasteiger charge is 2.37. The van der Waals surface area contributed by atoms with Gasteiger partial charge in [-0.3, -0.25) is 0 Å². The van der Waals surface area contributed by atoms with Crippen LogP contribution in [0.4, 0.5) is 13.2 Å². The van der Waals surface area contributed by atoms with Gasteiger partial charge in [0.2, 0.25) is 0 Å². The molecule has 1 aliphatic rings. The van der Waals surface area contributed by atoms with Crippen LogP contribution in [0.1, 0.15) is 11.1 Å². The zero-order valence-electron chi connectivity index (χ0n) is 12.4. The van der Waals surface area contributed by atoms with E-state index in [0.717, 1.165) is 10.0 Å². The molecule has 3 rings (SSSR count). The molecule has 24 heavy (non-hydrogen) atoms. The van der Waals surface area contributed by atoms with Crippen molar-refractivity contribution in [3.05, 3.63) is 75.8 Å². The number of nitrogens with two attached hydrogens (primary N) is 1. The molecule has 7 heteroatoms. The van der Waals surface area contributed by atoms with Crippen molar-refractivity contribution in [3.63, 3.8) is 0 Å². The lowest BCUT2D eigenvalue weighted by Gasteiger charge is -2.28. The van der Waals surface area contributed by atoms with Gasteiger partial charge < -0.3 is 15.8 Å².